The van der Waals surface area contributed by atoms with Gasteiger partial charge in [-0.1, -0.05) is 36.4 Å². The smallest absolute Gasteiger partial charge is 0.226 e. The normalized spacial score (nSPS) is 23.4. The highest BCUT2D eigenvalue weighted by Crippen LogP contribution is 2.37. The van der Waals surface area contributed by atoms with Gasteiger partial charge >= 0.3 is 0 Å². The van der Waals surface area contributed by atoms with E-state index in [2.05, 4.69) is 79.9 Å². The first-order valence-electron chi connectivity index (χ1n) is 13.7. The van der Waals surface area contributed by atoms with E-state index in [9.17, 15) is 9.90 Å². The molecule has 0 unspecified atom stereocenters. The predicted molar refractivity (Wildman–Crippen MR) is 150 cm³/mol. The fourth-order valence-electron chi connectivity index (χ4n) is 6.33. The van der Waals surface area contributed by atoms with Crippen LogP contribution in [0.25, 0.3) is 6.20 Å². The van der Waals surface area contributed by atoms with E-state index in [1.165, 1.54) is 10.4 Å². The lowest BCUT2D eigenvalue weighted by Gasteiger charge is -2.44. The number of aromatic amines is 1. The molecule has 2 atom stereocenters. The van der Waals surface area contributed by atoms with Gasteiger partial charge in [-0.3, -0.25) is 9.69 Å². The number of benzene rings is 1. The molecule has 0 radical (unpaired) electrons. The Bertz CT molecular complexity index is 1360. The molecule has 200 valence electrons. The molecule has 7 nitrogen and oxygen atoms in total. The molecule has 8 heteroatoms. The van der Waals surface area contributed by atoms with Crippen LogP contribution in [0.5, 0.6) is 0 Å². The molecule has 2 N–H and O–H groups in total. The van der Waals surface area contributed by atoms with Gasteiger partial charge in [0, 0.05) is 66.5 Å². The predicted octanol–water partition coefficient (Wildman–Crippen LogP) is 2.67. The lowest BCUT2D eigenvalue weighted by Crippen LogP contribution is -2.54. The van der Waals surface area contributed by atoms with Crippen molar-refractivity contribution in [1.29, 1.82) is 0 Å². The van der Waals surface area contributed by atoms with Crippen LogP contribution in [0.2, 0.25) is 0 Å². The van der Waals surface area contributed by atoms with E-state index < -0.39 is 5.60 Å². The zero-order valence-corrected chi connectivity index (χ0v) is 22.9. The molecule has 38 heavy (non-hydrogen) atoms. The molecule has 1 amide bonds. The van der Waals surface area contributed by atoms with Gasteiger partial charge in [0.15, 0.2) is 0 Å². The van der Waals surface area contributed by atoms with E-state index in [4.69, 9.17) is 0 Å². The molecule has 3 aliphatic heterocycles. The van der Waals surface area contributed by atoms with E-state index in [1.807, 2.05) is 11.8 Å². The Labute approximate surface area is 228 Å². The number of hydrogen-bond donors (Lipinski definition) is 2. The number of likely N-dealkylation sites (tertiary alicyclic amines) is 2. The number of β-amino-alcohol motifs (C(OH)–C–C–N with tert-alkyl or cyclic N) is 1. The molecule has 6 rings (SSSR count). The molecule has 3 aromatic rings. The van der Waals surface area contributed by atoms with Crippen molar-refractivity contribution in [2.24, 2.45) is 10.9 Å². The molecule has 2 saturated heterocycles. The standard InChI is InChI=1S/C30H37N5O2S/c1-22-16-24-18-34(21-31-28(24)32-22)20-30(37)10-13-35(14-11-30)29(36)25-9-12-33(17-23-6-3-2-4-7-23)19-26(25)27-8-5-15-38-27/h2-8,15-16,18,25-26,37H,9-14,17,19-21H2,1H3,(H,31,32)/t25-,26-/m0/s1. The van der Waals surface area contributed by atoms with Crippen molar-refractivity contribution in [1.82, 2.24) is 19.7 Å². The summed E-state index contributed by atoms with van der Waals surface area (Å²) in [6, 6.07) is 17.0. The molecular weight excluding hydrogens is 494 g/mol. The quantitative estimate of drug-likeness (QED) is 0.513. The number of aryl methyl sites for hydroxylation is 1. The number of thiophene rings is 1. The lowest BCUT2D eigenvalue weighted by atomic mass is 9.82. The Morgan fingerprint density at radius 1 is 1.16 bits per heavy atom. The summed E-state index contributed by atoms with van der Waals surface area (Å²) in [7, 11) is 0. The summed E-state index contributed by atoms with van der Waals surface area (Å²) in [6.07, 6.45) is 4.16. The number of piperidine rings is 2. The topological polar surface area (TPSA) is 75.2 Å². The number of nitrogens with zero attached hydrogens (tertiary/aromatic N) is 4. The molecule has 1 aromatic carbocycles. The minimum absolute atomic E-state index is 0.00338. The summed E-state index contributed by atoms with van der Waals surface area (Å²) in [6.45, 7) is 7.08. The summed E-state index contributed by atoms with van der Waals surface area (Å²) in [5, 5.41) is 14.6. The van der Waals surface area contributed by atoms with E-state index in [-0.39, 0.29) is 17.7 Å². The largest absolute Gasteiger partial charge is 0.388 e. The third-order valence-corrected chi connectivity index (χ3v) is 9.37. The number of aliphatic hydroxyl groups is 1. The Morgan fingerprint density at radius 3 is 2.74 bits per heavy atom. The van der Waals surface area contributed by atoms with Gasteiger partial charge in [0.25, 0.3) is 0 Å². The fourth-order valence-corrected chi connectivity index (χ4v) is 7.21. The molecule has 2 aromatic heterocycles. The Balaban J connectivity index is 1.09. The molecule has 0 bridgehead atoms. The number of hydrogen-bond acceptors (Lipinski definition) is 6. The minimum atomic E-state index is -0.808. The first kappa shape index (κ1) is 25.3. The van der Waals surface area contributed by atoms with E-state index in [1.54, 1.807) is 11.3 Å². The van der Waals surface area contributed by atoms with Gasteiger partial charge in [0.1, 0.15) is 12.2 Å². The Hall–Kier alpha value is -2.94. The van der Waals surface area contributed by atoms with Crippen LogP contribution >= 0.6 is 11.3 Å². The number of amides is 1. The molecular formula is C30H37N5O2S. The summed E-state index contributed by atoms with van der Waals surface area (Å²) in [5.74, 6) is 0.470. The van der Waals surface area contributed by atoms with Crippen molar-refractivity contribution in [3.8, 4) is 0 Å². The Morgan fingerprint density at radius 2 is 1.97 bits per heavy atom. The number of H-pyrrole nitrogens is 1. The van der Waals surface area contributed by atoms with Crippen molar-refractivity contribution in [2.45, 2.75) is 44.2 Å². The van der Waals surface area contributed by atoms with Crippen molar-refractivity contribution in [3.05, 3.63) is 80.8 Å². The van der Waals surface area contributed by atoms with Crippen LogP contribution in [0.4, 0.5) is 0 Å². The SMILES string of the molecule is Cc1cc2c([nH]1)=NCN(CC1(O)CCN(C(=O)[C@H]3CCN(Cc4ccccc4)C[C@@H]3c3cccs3)CC1)C=2. The fraction of sp³-hybridized carbons (Fsp3) is 0.467. The zero-order valence-electron chi connectivity index (χ0n) is 22.1. The second-order valence-electron chi connectivity index (χ2n) is 11.2. The van der Waals surface area contributed by atoms with Gasteiger partial charge in [-0.15, -0.1) is 11.3 Å². The molecule has 0 saturated carbocycles. The second-order valence-corrected chi connectivity index (χ2v) is 12.2. The number of fused-ring (bicyclic) bond motifs is 1. The number of rotatable bonds is 6. The van der Waals surface area contributed by atoms with Gasteiger partial charge in [-0.2, -0.15) is 0 Å². The van der Waals surface area contributed by atoms with Crippen LogP contribution in [0.15, 0.2) is 58.9 Å². The third-order valence-electron chi connectivity index (χ3n) is 8.37. The van der Waals surface area contributed by atoms with Crippen LogP contribution in [0.1, 0.15) is 41.3 Å². The lowest BCUT2D eigenvalue weighted by molar-refractivity contribution is -0.142. The highest BCUT2D eigenvalue weighted by Gasteiger charge is 2.41. The number of carbonyl (C=O) groups is 1. The van der Waals surface area contributed by atoms with E-state index in [0.29, 0.717) is 39.1 Å². The molecule has 5 heterocycles. The molecule has 2 fully saturated rings. The average molecular weight is 532 g/mol. The van der Waals surface area contributed by atoms with Crippen LogP contribution in [0.3, 0.4) is 0 Å². The van der Waals surface area contributed by atoms with Gasteiger partial charge in [-0.25, -0.2) is 4.99 Å². The number of nitrogens with one attached hydrogen (secondary N) is 1. The van der Waals surface area contributed by atoms with E-state index in [0.717, 1.165) is 42.5 Å². The maximum atomic E-state index is 13.9. The van der Waals surface area contributed by atoms with Crippen molar-refractivity contribution in [3.63, 3.8) is 0 Å². The maximum Gasteiger partial charge on any atom is 0.226 e. The van der Waals surface area contributed by atoms with Crippen molar-refractivity contribution < 1.29 is 9.90 Å². The van der Waals surface area contributed by atoms with Crippen LogP contribution < -0.4 is 10.7 Å². The Kier molecular flexibility index (Phi) is 7.12. The molecule has 0 spiro atoms. The molecule has 0 aliphatic carbocycles. The highest BCUT2D eigenvalue weighted by atomic mass is 32.1. The zero-order chi connectivity index (χ0) is 26.1. The minimum Gasteiger partial charge on any atom is -0.388 e. The maximum absolute atomic E-state index is 13.9. The monoisotopic (exact) mass is 531 g/mol. The number of aromatic nitrogens is 1. The second kappa shape index (κ2) is 10.7. The van der Waals surface area contributed by atoms with Gasteiger partial charge in [0.05, 0.1) is 5.60 Å². The first-order valence-corrected chi connectivity index (χ1v) is 14.6. The van der Waals surface area contributed by atoms with E-state index >= 15 is 0 Å². The van der Waals surface area contributed by atoms with Crippen molar-refractivity contribution in [2.75, 3.05) is 39.4 Å². The summed E-state index contributed by atoms with van der Waals surface area (Å²) in [4.78, 5) is 29.7. The number of carbonyl (C=O) groups excluding carboxylic acids is 1. The van der Waals surface area contributed by atoms with Crippen LogP contribution in [-0.4, -0.2) is 75.7 Å². The first-order chi connectivity index (χ1) is 18.5. The summed E-state index contributed by atoms with van der Waals surface area (Å²) in [5.41, 5.74) is 2.52. The van der Waals surface area contributed by atoms with Crippen molar-refractivity contribution >= 4 is 23.4 Å². The van der Waals surface area contributed by atoms with Crippen LogP contribution in [0, 0.1) is 12.8 Å². The summed E-state index contributed by atoms with van der Waals surface area (Å²) < 4.78 is 0. The molecule has 3 aliphatic rings. The van der Waals surface area contributed by atoms with Crippen LogP contribution in [-0.2, 0) is 11.3 Å². The van der Waals surface area contributed by atoms with Gasteiger partial charge < -0.3 is 19.9 Å². The van der Waals surface area contributed by atoms with Gasteiger partial charge in [0.2, 0.25) is 5.91 Å². The van der Waals surface area contributed by atoms with Gasteiger partial charge in [-0.05, 0) is 55.8 Å². The summed E-state index contributed by atoms with van der Waals surface area (Å²) >= 11 is 1.76. The average Bonchev–Trinajstić information content (AvgIpc) is 3.58. The highest BCUT2D eigenvalue weighted by molar-refractivity contribution is 7.10. The third kappa shape index (κ3) is 5.44.